The maximum absolute atomic E-state index is 2.75. The molecule has 0 N–H and O–H groups in total. The SMILES string of the molecule is CC(=Cc1ccccc1)CN1CC(N2CCCCC2C)C1. The van der Waals surface area contributed by atoms with Gasteiger partial charge in [0.2, 0.25) is 0 Å². The molecule has 2 aliphatic heterocycles. The molecule has 2 aliphatic rings. The molecular weight excluding hydrogens is 256 g/mol. The van der Waals surface area contributed by atoms with Gasteiger partial charge in [-0.3, -0.25) is 9.80 Å². The van der Waals surface area contributed by atoms with Gasteiger partial charge in [0, 0.05) is 31.7 Å². The van der Waals surface area contributed by atoms with Gasteiger partial charge in [-0.1, -0.05) is 48.4 Å². The van der Waals surface area contributed by atoms with Crippen LogP contribution in [-0.4, -0.2) is 48.1 Å². The summed E-state index contributed by atoms with van der Waals surface area (Å²) in [6.45, 7) is 9.60. The first-order valence-electron chi connectivity index (χ1n) is 8.42. The first-order chi connectivity index (χ1) is 10.2. The summed E-state index contributed by atoms with van der Waals surface area (Å²) in [4.78, 5) is 5.33. The number of likely N-dealkylation sites (tertiary alicyclic amines) is 2. The van der Waals surface area contributed by atoms with Crippen LogP contribution >= 0.6 is 0 Å². The summed E-state index contributed by atoms with van der Waals surface area (Å²) in [5.41, 5.74) is 2.78. The Balaban J connectivity index is 1.47. The summed E-state index contributed by atoms with van der Waals surface area (Å²) in [6, 6.07) is 12.3. The largest absolute Gasteiger partial charge is 0.296 e. The summed E-state index contributed by atoms with van der Waals surface area (Å²) in [5, 5.41) is 0. The summed E-state index contributed by atoms with van der Waals surface area (Å²) < 4.78 is 0. The molecule has 1 aromatic rings. The quantitative estimate of drug-likeness (QED) is 0.833. The van der Waals surface area contributed by atoms with Crippen molar-refractivity contribution in [3.05, 3.63) is 41.5 Å². The number of benzene rings is 1. The summed E-state index contributed by atoms with van der Waals surface area (Å²) in [5.74, 6) is 0. The minimum atomic E-state index is 0.798. The Labute approximate surface area is 129 Å². The van der Waals surface area contributed by atoms with Crippen LogP contribution in [0.5, 0.6) is 0 Å². The fourth-order valence-corrected chi connectivity index (χ4v) is 3.78. The van der Waals surface area contributed by atoms with Crippen molar-refractivity contribution < 1.29 is 0 Å². The van der Waals surface area contributed by atoms with Crippen molar-refractivity contribution in [3.63, 3.8) is 0 Å². The molecule has 114 valence electrons. The second-order valence-electron chi connectivity index (χ2n) is 6.83. The normalized spacial score (nSPS) is 25.8. The van der Waals surface area contributed by atoms with Crippen molar-refractivity contribution in [1.29, 1.82) is 0 Å². The third kappa shape index (κ3) is 3.75. The first kappa shape index (κ1) is 14.8. The highest BCUT2D eigenvalue weighted by atomic mass is 15.3. The van der Waals surface area contributed by atoms with Crippen LogP contribution in [0.15, 0.2) is 35.9 Å². The molecule has 3 rings (SSSR count). The average Bonchev–Trinajstić information content (AvgIpc) is 2.45. The zero-order chi connectivity index (χ0) is 14.7. The fourth-order valence-electron chi connectivity index (χ4n) is 3.78. The molecule has 2 nitrogen and oxygen atoms in total. The molecule has 2 fully saturated rings. The van der Waals surface area contributed by atoms with E-state index in [9.17, 15) is 0 Å². The van der Waals surface area contributed by atoms with E-state index in [0.29, 0.717) is 0 Å². The van der Waals surface area contributed by atoms with Gasteiger partial charge in [0.25, 0.3) is 0 Å². The van der Waals surface area contributed by atoms with Gasteiger partial charge in [-0.15, -0.1) is 0 Å². The molecule has 1 unspecified atom stereocenters. The van der Waals surface area contributed by atoms with Gasteiger partial charge < -0.3 is 0 Å². The molecule has 1 atom stereocenters. The second-order valence-corrected chi connectivity index (χ2v) is 6.83. The van der Waals surface area contributed by atoms with Crippen LogP contribution in [0.2, 0.25) is 0 Å². The lowest BCUT2D eigenvalue weighted by Crippen LogP contribution is -2.62. The molecule has 0 spiro atoms. The first-order valence-corrected chi connectivity index (χ1v) is 8.42. The highest BCUT2D eigenvalue weighted by Crippen LogP contribution is 2.25. The van der Waals surface area contributed by atoms with Crippen molar-refractivity contribution in [1.82, 2.24) is 9.80 Å². The Hall–Kier alpha value is -1.12. The third-order valence-corrected chi connectivity index (χ3v) is 4.95. The smallest absolute Gasteiger partial charge is 0.0353 e. The van der Waals surface area contributed by atoms with Crippen molar-refractivity contribution in [3.8, 4) is 0 Å². The lowest BCUT2D eigenvalue weighted by atomic mass is 9.97. The van der Waals surface area contributed by atoms with E-state index in [1.807, 2.05) is 0 Å². The number of rotatable bonds is 4. The zero-order valence-corrected chi connectivity index (χ0v) is 13.5. The predicted molar refractivity (Wildman–Crippen MR) is 90.3 cm³/mol. The van der Waals surface area contributed by atoms with Gasteiger partial charge >= 0.3 is 0 Å². The van der Waals surface area contributed by atoms with E-state index in [-0.39, 0.29) is 0 Å². The molecule has 0 saturated carbocycles. The molecule has 0 amide bonds. The van der Waals surface area contributed by atoms with Crippen LogP contribution < -0.4 is 0 Å². The standard InChI is InChI=1S/C19H28N2/c1-16(12-18-9-4-3-5-10-18)13-20-14-19(15-20)21-11-7-6-8-17(21)2/h3-5,9-10,12,17,19H,6-8,11,13-15H2,1-2H3. The third-order valence-electron chi connectivity index (χ3n) is 4.95. The van der Waals surface area contributed by atoms with Crippen molar-refractivity contribution in [2.24, 2.45) is 0 Å². The maximum atomic E-state index is 2.75. The van der Waals surface area contributed by atoms with E-state index >= 15 is 0 Å². The Morgan fingerprint density at radius 2 is 1.95 bits per heavy atom. The fraction of sp³-hybridized carbons (Fsp3) is 0.579. The van der Waals surface area contributed by atoms with Crippen molar-refractivity contribution in [2.75, 3.05) is 26.2 Å². The summed E-state index contributed by atoms with van der Waals surface area (Å²) in [7, 11) is 0. The molecule has 0 aliphatic carbocycles. The molecule has 1 aromatic carbocycles. The van der Waals surface area contributed by atoms with E-state index < -0.39 is 0 Å². The van der Waals surface area contributed by atoms with Crippen LogP contribution in [0.25, 0.3) is 6.08 Å². The van der Waals surface area contributed by atoms with Crippen LogP contribution in [-0.2, 0) is 0 Å². The molecule has 21 heavy (non-hydrogen) atoms. The maximum Gasteiger partial charge on any atom is 0.0353 e. The van der Waals surface area contributed by atoms with Gasteiger partial charge in [-0.05, 0) is 38.8 Å². The number of hydrogen-bond donors (Lipinski definition) is 0. The highest BCUT2D eigenvalue weighted by Gasteiger charge is 2.34. The van der Waals surface area contributed by atoms with Crippen LogP contribution in [0, 0.1) is 0 Å². The lowest BCUT2D eigenvalue weighted by Gasteiger charge is -2.49. The lowest BCUT2D eigenvalue weighted by molar-refractivity contribution is 0.00260. The van der Waals surface area contributed by atoms with Gasteiger partial charge in [-0.25, -0.2) is 0 Å². The van der Waals surface area contributed by atoms with Crippen LogP contribution in [0.3, 0.4) is 0 Å². The summed E-state index contributed by atoms with van der Waals surface area (Å²) in [6.07, 6.45) is 6.53. The predicted octanol–water partition coefficient (Wildman–Crippen LogP) is 3.65. The molecule has 0 bridgehead atoms. The molecular formula is C19H28N2. The van der Waals surface area contributed by atoms with Gasteiger partial charge in [0.1, 0.15) is 0 Å². The van der Waals surface area contributed by atoms with Crippen molar-refractivity contribution in [2.45, 2.75) is 45.2 Å². The van der Waals surface area contributed by atoms with E-state index in [4.69, 9.17) is 0 Å². The van der Waals surface area contributed by atoms with Crippen LogP contribution in [0.1, 0.15) is 38.7 Å². The monoisotopic (exact) mass is 284 g/mol. The summed E-state index contributed by atoms with van der Waals surface area (Å²) >= 11 is 0. The Morgan fingerprint density at radius 1 is 1.19 bits per heavy atom. The molecule has 2 heterocycles. The van der Waals surface area contributed by atoms with E-state index in [2.05, 4.69) is 60.1 Å². The number of piperidine rings is 1. The topological polar surface area (TPSA) is 6.48 Å². The van der Waals surface area contributed by atoms with Gasteiger partial charge in [0.15, 0.2) is 0 Å². The molecule has 2 saturated heterocycles. The van der Waals surface area contributed by atoms with Crippen LogP contribution in [0.4, 0.5) is 0 Å². The van der Waals surface area contributed by atoms with Gasteiger partial charge in [0.05, 0.1) is 0 Å². The minimum Gasteiger partial charge on any atom is -0.296 e. The minimum absolute atomic E-state index is 0.798. The van der Waals surface area contributed by atoms with Gasteiger partial charge in [-0.2, -0.15) is 0 Å². The zero-order valence-electron chi connectivity index (χ0n) is 13.5. The van der Waals surface area contributed by atoms with E-state index in [0.717, 1.165) is 18.6 Å². The number of hydrogen-bond acceptors (Lipinski definition) is 2. The average molecular weight is 284 g/mol. The Kier molecular flexibility index (Phi) is 4.77. The number of nitrogens with zero attached hydrogens (tertiary/aromatic N) is 2. The molecule has 0 aromatic heterocycles. The van der Waals surface area contributed by atoms with Crippen molar-refractivity contribution >= 4 is 6.08 Å². The second kappa shape index (κ2) is 6.76. The molecule has 0 radical (unpaired) electrons. The van der Waals surface area contributed by atoms with E-state index in [1.165, 1.54) is 50.0 Å². The molecule has 2 heteroatoms. The Bertz CT molecular complexity index is 474. The van der Waals surface area contributed by atoms with E-state index in [1.54, 1.807) is 0 Å². The highest BCUT2D eigenvalue weighted by molar-refractivity contribution is 5.52. The Morgan fingerprint density at radius 3 is 2.67 bits per heavy atom.